The van der Waals surface area contributed by atoms with Crippen molar-refractivity contribution in [3.05, 3.63) is 65.8 Å². The van der Waals surface area contributed by atoms with E-state index in [0.29, 0.717) is 29.6 Å². The Morgan fingerprint density at radius 2 is 2.00 bits per heavy atom. The highest BCUT2D eigenvalue weighted by Crippen LogP contribution is 2.33. The fraction of sp³-hybridized carbons (Fsp3) is 0.263. The van der Waals surface area contributed by atoms with Crippen molar-refractivity contribution in [3.63, 3.8) is 0 Å². The van der Waals surface area contributed by atoms with Crippen molar-refractivity contribution in [2.75, 3.05) is 6.54 Å². The number of carbonyl (C=O) groups is 1. The van der Waals surface area contributed by atoms with E-state index in [0.717, 1.165) is 18.4 Å². The zero-order chi connectivity index (χ0) is 17.9. The highest BCUT2D eigenvalue weighted by atomic mass is 16.5. The molecule has 26 heavy (non-hydrogen) atoms. The second-order valence-corrected chi connectivity index (χ2v) is 6.15. The van der Waals surface area contributed by atoms with E-state index in [-0.39, 0.29) is 18.6 Å². The molecule has 1 aliphatic rings. The minimum atomic E-state index is -0.257. The third-order valence-electron chi connectivity index (χ3n) is 4.46. The fourth-order valence-corrected chi connectivity index (χ4v) is 3.18. The lowest BCUT2D eigenvalue weighted by Gasteiger charge is -2.21. The fourth-order valence-electron chi connectivity index (χ4n) is 3.18. The Balaban J connectivity index is 1.59. The van der Waals surface area contributed by atoms with E-state index in [1.54, 1.807) is 23.1 Å². The van der Waals surface area contributed by atoms with Gasteiger partial charge in [0.15, 0.2) is 0 Å². The first-order valence-corrected chi connectivity index (χ1v) is 8.53. The monoisotopic (exact) mass is 350 g/mol. The van der Waals surface area contributed by atoms with E-state index in [1.807, 2.05) is 30.3 Å². The lowest BCUT2D eigenvalue weighted by molar-refractivity contribution is 0.0703. The number of rotatable bonds is 4. The number of amides is 1. The first-order valence-electron chi connectivity index (χ1n) is 8.53. The zero-order valence-corrected chi connectivity index (χ0v) is 14.1. The molecule has 0 aliphatic carbocycles. The molecule has 0 spiro atoms. The first kappa shape index (κ1) is 16.4. The van der Waals surface area contributed by atoms with Crippen LogP contribution in [0.15, 0.2) is 53.1 Å². The van der Waals surface area contributed by atoms with E-state index >= 15 is 0 Å². The van der Waals surface area contributed by atoms with Crippen LogP contribution in [0.2, 0.25) is 0 Å². The van der Waals surface area contributed by atoms with E-state index in [2.05, 4.69) is 15.1 Å². The summed E-state index contributed by atoms with van der Waals surface area (Å²) in [5.41, 5.74) is 1.65. The van der Waals surface area contributed by atoms with Crippen LogP contribution in [0.1, 0.15) is 41.0 Å². The molecule has 3 aromatic rings. The van der Waals surface area contributed by atoms with E-state index in [4.69, 9.17) is 4.52 Å². The Kier molecular flexibility index (Phi) is 4.45. The van der Waals surface area contributed by atoms with Crippen LogP contribution in [0, 0.1) is 0 Å². The maximum Gasteiger partial charge on any atom is 0.273 e. The molecule has 1 atom stereocenters. The molecule has 7 heteroatoms. The van der Waals surface area contributed by atoms with Crippen LogP contribution in [0.4, 0.5) is 0 Å². The summed E-state index contributed by atoms with van der Waals surface area (Å²) in [6.45, 7) is 0.409. The average molecular weight is 350 g/mol. The first-order chi connectivity index (χ1) is 12.8. The lowest BCUT2D eigenvalue weighted by atomic mass is 10.2. The van der Waals surface area contributed by atoms with Gasteiger partial charge in [-0.3, -0.25) is 4.79 Å². The van der Waals surface area contributed by atoms with Crippen LogP contribution in [-0.4, -0.2) is 37.6 Å². The molecule has 4 rings (SSSR count). The molecule has 1 amide bonds. The topological polar surface area (TPSA) is 92.3 Å². The Labute approximate surface area is 150 Å². The van der Waals surface area contributed by atoms with Crippen LogP contribution in [0.25, 0.3) is 11.4 Å². The van der Waals surface area contributed by atoms with Crippen molar-refractivity contribution < 1.29 is 14.4 Å². The van der Waals surface area contributed by atoms with Crippen molar-refractivity contribution in [2.24, 2.45) is 0 Å². The number of likely N-dealkylation sites (tertiary alicyclic amines) is 1. The second-order valence-electron chi connectivity index (χ2n) is 6.15. The van der Waals surface area contributed by atoms with Gasteiger partial charge in [0.2, 0.25) is 11.7 Å². The Hall–Kier alpha value is -3.06. The molecular formula is C19H18N4O3. The molecule has 0 radical (unpaired) electrons. The van der Waals surface area contributed by atoms with Crippen molar-refractivity contribution >= 4 is 5.91 Å². The van der Waals surface area contributed by atoms with Crippen molar-refractivity contribution in [1.82, 2.24) is 20.0 Å². The third kappa shape index (κ3) is 3.09. The van der Waals surface area contributed by atoms with Crippen LogP contribution >= 0.6 is 0 Å². The number of benzene rings is 1. The van der Waals surface area contributed by atoms with Gasteiger partial charge in [-0.2, -0.15) is 4.98 Å². The van der Waals surface area contributed by atoms with Gasteiger partial charge in [0.25, 0.3) is 5.91 Å². The molecule has 1 N–H and O–H groups in total. The molecule has 1 aromatic carbocycles. The summed E-state index contributed by atoms with van der Waals surface area (Å²) in [6, 6.07) is 14.4. The average Bonchev–Trinajstić information content (AvgIpc) is 3.37. The van der Waals surface area contributed by atoms with Crippen LogP contribution < -0.4 is 0 Å². The predicted octanol–water partition coefficient (Wildman–Crippen LogP) is 2.60. The second kappa shape index (κ2) is 7.05. The molecule has 0 bridgehead atoms. The van der Waals surface area contributed by atoms with Gasteiger partial charge in [-0.25, -0.2) is 4.98 Å². The standard InChI is InChI=1S/C19H18N4O3/c24-12-14-8-4-9-15(20-14)19(25)23-11-5-10-16(23)18-21-17(22-26-18)13-6-2-1-3-7-13/h1-4,6-9,16,24H,5,10-12H2/t16-/m1/s1. The maximum atomic E-state index is 12.9. The van der Waals surface area contributed by atoms with Gasteiger partial charge in [0.05, 0.1) is 12.3 Å². The number of aliphatic hydroxyl groups excluding tert-OH is 1. The Bertz CT molecular complexity index is 910. The highest BCUT2D eigenvalue weighted by molar-refractivity contribution is 5.92. The summed E-state index contributed by atoms with van der Waals surface area (Å²) in [6.07, 6.45) is 1.63. The van der Waals surface area contributed by atoms with Gasteiger partial charge in [-0.05, 0) is 25.0 Å². The van der Waals surface area contributed by atoms with E-state index < -0.39 is 0 Å². The number of aliphatic hydroxyl groups is 1. The van der Waals surface area contributed by atoms with Gasteiger partial charge in [-0.15, -0.1) is 0 Å². The summed E-state index contributed by atoms with van der Waals surface area (Å²) in [7, 11) is 0. The largest absolute Gasteiger partial charge is 0.390 e. The van der Waals surface area contributed by atoms with Crippen LogP contribution in [0.3, 0.4) is 0 Å². The molecule has 0 unspecified atom stereocenters. The van der Waals surface area contributed by atoms with Crippen molar-refractivity contribution in [1.29, 1.82) is 0 Å². The smallest absolute Gasteiger partial charge is 0.273 e. The Morgan fingerprint density at radius 3 is 2.81 bits per heavy atom. The van der Waals surface area contributed by atoms with Gasteiger partial charge in [-0.1, -0.05) is 41.6 Å². The normalized spacial score (nSPS) is 16.8. The lowest BCUT2D eigenvalue weighted by Crippen LogP contribution is -2.31. The van der Waals surface area contributed by atoms with Crippen LogP contribution in [-0.2, 0) is 6.61 Å². The minimum absolute atomic E-state index is 0.192. The quantitative estimate of drug-likeness (QED) is 0.777. The van der Waals surface area contributed by atoms with Gasteiger partial charge in [0.1, 0.15) is 11.7 Å². The number of nitrogens with zero attached hydrogens (tertiary/aromatic N) is 4. The van der Waals surface area contributed by atoms with Gasteiger partial charge in [0, 0.05) is 12.1 Å². The minimum Gasteiger partial charge on any atom is -0.390 e. The molecule has 132 valence electrons. The molecule has 1 fully saturated rings. The number of hydrogen-bond donors (Lipinski definition) is 1. The van der Waals surface area contributed by atoms with E-state index in [9.17, 15) is 9.90 Å². The Morgan fingerprint density at radius 1 is 1.15 bits per heavy atom. The number of carbonyl (C=O) groups excluding carboxylic acids is 1. The molecular weight excluding hydrogens is 332 g/mol. The zero-order valence-electron chi connectivity index (χ0n) is 14.1. The summed E-state index contributed by atoms with van der Waals surface area (Å²) < 4.78 is 5.45. The number of aromatic nitrogens is 3. The summed E-state index contributed by atoms with van der Waals surface area (Å²) in [4.78, 5) is 23.3. The predicted molar refractivity (Wildman–Crippen MR) is 92.9 cm³/mol. The van der Waals surface area contributed by atoms with Gasteiger partial charge < -0.3 is 14.5 Å². The molecule has 2 aromatic heterocycles. The molecule has 1 aliphatic heterocycles. The maximum absolute atomic E-state index is 12.9. The SMILES string of the molecule is O=C(c1cccc(CO)n1)N1CCC[C@@H]1c1nc(-c2ccccc2)no1. The van der Waals surface area contributed by atoms with E-state index in [1.165, 1.54) is 0 Å². The number of hydrogen-bond acceptors (Lipinski definition) is 6. The summed E-state index contributed by atoms with van der Waals surface area (Å²) in [5.74, 6) is 0.760. The highest BCUT2D eigenvalue weighted by Gasteiger charge is 2.35. The summed E-state index contributed by atoms with van der Waals surface area (Å²) in [5, 5.41) is 13.3. The summed E-state index contributed by atoms with van der Waals surface area (Å²) >= 11 is 0. The van der Waals surface area contributed by atoms with Gasteiger partial charge >= 0.3 is 0 Å². The molecule has 3 heterocycles. The molecule has 0 saturated carbocycles. The van der Waals surface area contributed by atoms with Crippen molar-refractivity contribution in [2.45, 2.75) is 25.5 Å². The molecule has 1 saturated heterocycles. The molecule has 7 nitrogen and oxygen atoms in total. The third-order valence-corrected chi connectivity index (χ3v) is 4.46. The van der Waals surface area contributed by atoms with Crippen molar-refractivity contribution in [3.8, 4) is 11.4 Å². The number of pyridine rings is 1. The van der Waals surface area contributed by atoms with Crippen LogP contribution in [0.5, 0.6) is 0 Å².